The van der Waals surface area contributed by atoms with E-state index < -0.39 is 0 Å². The number of nitrogens with one attached hydrogen (secondary N) is 1. The van der Waals surface area contributed by atoms with E-state index in [1.165, 1.54) is 0 Å². The zero-order chi connectivity index (χ0) is 14.0. The van der Waals surface area contributed by atoms with Crippen molar-refractivity contribution in [2.45, 2.75) is 26.7 Å². The molecule has 2 rings (SSSR count). The van der Waals surface area contributed by atoms with Crippen LogP contribution in [0.2, 0.25) is 0 Å². The molecule has 0 spiro atoms. The molecule has 0 bridgehead atoms. The van der Waals surface area contributed by atoms with Gasteiger partial charge in [-0.15, -0.1) is 0 Å². The van der Waals surface area contributed by atoms with E-state index in [1.54, 1.807) is 0 Å². The fourth-order valence-corrected chi connectivity index (χ4v) is 2.54. The van der Waals surface area contributed by atoms with Gasteiger partial charge in [0.25, 0.3) is 0 Å². The van der Waals surface area contributed by atoms with E-state index in [1.807, 2.05) is 31.2 Å². The summed E-state index contributed by atoms with van der Waals surface area (Å²) in [5.74, 6) is 7.28. The van der Waals surface area contributed by atoms with Gasteiger partial charge in [-0.25, -0.2) is 15.8 Å². The van der Waals surface area contributed by atoms with Gasteiger partial charge in [-0.2, -0.15) is 0 Å². The number of halogens is 1. The minimum Gasteiger partial charge on any atom is -0.308 e. The molecule has 3 N–H and O–H groups in total. The first-order chi connectivity index (χ1) is 9.02. The minimum absolute atomic E-state index is 0.322. The second-order valence-corrected chi connectivity index (χ2v) is 5.62. The van der Waals surface area contributed by atoms with Crippen LogP contribution in [0.5, 0.6) is 0 Å². The van der Waals surface area contributed by atoms with Gasteiger partial charge < -0.3 is 5.43 Å². The van der Waals surface area contributed by atoms with Crippen LogP contribution >= 0.6 is 15.9 Å². The van der Waals surface area contributed by atoms with Gasteiger partial charge in [0, 0.05) is 21.3 Å². The van der Waals surface area contributed by atoms with E-state index in [2.05, 4.69) is 45.2 Å². The first kappa shape index (κ1) is 14.0. The number of hydrogen-bond donors (Lipinski definition) is 2. The Morgan fingerprint density at radius 3 is 2.58 bits per heavy atom. The SMILES string of the molecule is Cc1nc(-c2cccc(Br)c2)nc(NN)c1C(C)C. The third-order valence-corrected chi connectivity index (χ3v) is 3.43. The molecule has 100 valence electrons. The molecule has 1 aromatic heterocycles. The maximum atomic E-state index is 5.58. The lowest BCUT2D eigenvalue weighted by atomic mass is 10.0. The van der Waals surface area contributed by atoms with Crippen LogP contribution < -0.4 is 11.3 Å². The zero-order valence-electron chi connectivity index (χ0n) is 11.2. The van der Waals surface area contributed by atoms with Crippen molar-refractivity contribution in [3.8, 4) is 11.4 Å². The number of hydrogen-bond acceptors (Lipinski definition) is 4. The molecule has 2 aromatic rings. The van der Waals surface area contributed by atoms with E-state index in [-0.39, 0.29) is 0 Å². The summed E-state index contributed by atoms with van der Waals surface area (Å²) in [7, 11) is 0. The van der Waals surface area contributed by atoms with E-state index in [0.717, 1.165) is 21.3 Å². The fraction of sp³-hybridized carbons (Fsp3) is 0.286. The van der Waals surface area contributed by atoms with Gasteiger partial charge in [0.05, 0.1) is 0 Å². The number of anilines is 1. The van der Waals surface area contributed by atoms with Gasteiger partial charge in [-0.05, 0) is 25.0 Å². The molecule has 0 radical (unpaired) electrons. The molecule has 1 aromatic carbocycles. The topological polar surface area (TPSA) is 63.8 Å². The molecule has 19 heavy (non-hydrogen) atoms. The third-order valence-electron chi connectivity index (χ3n) is 2.93. The quantitative estimate of drug-likeness (QED) is 0.669. The van der Waals surface area contributed by atoms with Crippen LogP contribution in [0.4, 0.5) is 5.82 Å². The number of aryl methyl sites for hydroxylation is 1. The van der Waals surface area contributed by atoms with Crippen LogP contribution in [0.25, 0.3) is 11.4 Å². The van der Waals surface area contributed by atoms with Gasteiger partial charge in [0.15, 0.2) is 5.82 Å². The van der Waals surface area contributed by atoms with Gasteiger partial charge in [0.1, 0.15) is 5.82 Å². The van der Waals surface area contributed by atoms with E-state index in [9.17, 15) is 0 Å². The third kappa shape index (κ3) is 2.93. The van der Waals surface area contributed by atoms with E-state index >= 15 is 0 Å². The number of rotatable bonds is 3. The van der Waals surface area contributed by atoms with Crippen molar-refractivity contribution in [1.82, 2.24) is 9.97 Å². The second kappa shape index (κ2) is 5.67. The smallest absolute Gasteiger partial charge is 0.161 e. The summed E-state index contributed by atoms with van der Waals surface area (Å²) in [6.07, 6.45) is 0. The largest absolute Gasteiger partial charge is 0.308 e. The van der Waals surface area contributed by atoms with E-state index in [0.29, 0.717) is 17.6 Å². The lowest BCUT2D eigenvalue weighted by Crippen LogP contribution is -2.14. The molecule has 0 amide bonds. The summed E-state index contributed by atoms with van der Waals surface area (Å²) in [5.41, 5.74) is 5.65. The van der Waals surface area contributed by atoms with Crippen LogP contribution in [0, 0.1) is 6.92 Å². The van der Waals surface area contributed by atoms with Crippen LogP contribution in [-0.2, 0) is 0 Å². The first-order valence-electron chi connectivity index (χ1n) is 6.14. The number of nitrogen functional groups attached to an aromatic ring is 1. The summed E-state index contributed by atoms with van der Waals surface area (Å²) >= 11 is 3.46. The predicted octanol–water partition coefficient (Wildman–Crippen LogP) is 3.62. The Bertz CT molecular complexity index is 596. The number of nitrogens with two attached hydrogens (primary N) is 1. The molecule has 0 aliphatic heterocycles. The summed E-state index contributed by atoms with van der Waals surface area (Å²) in [6.45, 7) is 6.19. The lowest BCUT2D eigenvalue weighted by Gasteiger charge is -2.15. The van der Waals surface area contributed by atoms with Crippen molar-refractivity contribution in [2.75, 3.05) is 5.43 Å². The highest BCUT2D eigenvalue weighted by Gasteiger charge is 2.14. The molecule has 4 nitrogen and oxygen atoms in total. The van der Waals surface area contributed by atoms with Crippen molar-refractivity contribution in [1.29, 1.82) is 0 Å². The van der Waals surface area contributed by atoms with Crippen molar-refractivity contribution in [3.63, 3.8) is 0 Å². The van der Waals surface area contributed by atoms with Crippen LogP contribution in [0.1, 0.15) is 31.0 Å². The van der Waals surface area contributed by atoms with Crippen LogP contribution in [0.15, 0.2) is 28.7 Å². The van der Waals surface area contributed by atoms with Gasteiger partial charge in [-0.1, -0.05) is 41.9 Å². The Hall–Kier alpha value is -1.46. The maximum Gasteiger partial charge on any atom is 0.161 e. The molecule has 1 heterocycles. The molecule has 0 aliphatic rings. The first-order valence-corrected chi connectivity index (χ1v) is 6.93. The Labute approximate surface area is 121 Å². The Kier molecular flexibility index (Phi) is 4.17. The lowest BCUT2D eigenvalue weighted by molar-refractivity contribution is 0.832. The molecule has 0 atom stereocenters. The van der Waals surface area contributed by atoms with Crippen molar-refractivity contribution < 1.29 is 0 Å². The van der Waals surface area contributed by atoms with Gasteiger partial charge in [-0.3, -0.25) is 0 Å². The Morgan fingerprint density at radius 1 is 1.26 bits per heavy atom. The molecular formula is C14H17BrN4. The minimum atomic E-state index is 0.322. The average Bonchev–Trinajstić information content (AvgIpc) is 2.37. The average molecular weight is 321 g/mol. The Balaban J connectivity index is 2.58. The monoisotopic (exact) mass is 320 g/mol. The highest BCUT2D eigenvalue weighted by molar-refractivity contribution is 9.10. The predicted molar refractivity (Wildman–Crippen MR) is 81.8 cm³/mol. The summed E-state index contributed by atoms with van der Waals surface area (Å²) < 4.78 is 1.00. The molecule has 0 aliphatic carbocycles. The van der Waals surface area contributed by atoms with E-state index in [4.69, 9.17) is 5.84 Å². The molecule has 0 saturated carbocycles. The fourth-order valence-electron chi connectivity index (χ4n) is 2.14. The number of aromatic nitrogens is 2. The second-order valence-electron chi connectivity index (χ2n) is 4.70. The highest BCUT2D eigenvalue weighted by atomic mass is 79.9. The summed E-state index contributed by atoms with van der Waals surface area (Å²) in [4.78, 5) is 9.10. The summed E-state index contributed by atoms with van der Waals surface area (Å²) in [5, 5.41) is 0. The highest BCUT2D eigenvalue weighted by Crippen LogP contribution is 2.28. The van der Waals surface area contributed by atoms with Crippen molar-refractivity contribution in [3.05, 3.63) is 40.0 Å². The van der Waals surface area contributed by atoms with Gasteiger partial charge >= 0.3 is 0 Å². The maximum absolute atomic E-state index is 5.58. The van der Waals surface area contributed by atoms with Crippen LogP contribution in [0.3, 0.4) is 0 Å². The summed E-state index contributed by atoms with van der Waals surface area (Å²) in [6, 6.07) is 7.91. The number of hydrazine groups is 1. The number of nitrogens with zero attached hydrogens (tertiary/aromatic N) is 2. The van der Waals surface area contributed by atoms with Crippen molar-refractivity contribution in [2.24, 2.45) is 5.84 Å². The molecular weight excluding hydrogens is 304 g/mol. The Morgan fingerprint density at radius 2 is 2.00 bits per heavy atom. The zero-order valence-corrected chi connectivity index (χ0v) is 12.8. The molecule has 0 saturated heterocycles. The molecule has 0 unspecified atom stereocenters. The van der Waals surface area contributed by atoms with Gasteiger partial charge in [0.2, 0.25) is 0 Å². The number of benzene rings is 1. The molecule has 5 heteroatoms. The standard InChI is InChI=1S/C14H17BrN4/c1-8(2)12-9(3)17-13(18-14(12)19-16)10-5-4-6-11(15)7-10/h4-8H,16H2,1-3H3,(H,17,18,19). The van der Waals surface area contributed by atoms with Crippen molar-refractivity contribution >= 4 is 21.7 Å². The normalized spacial score (nSPS) is 10.8. The molecule has 0 fully saturated rings. The van der Waals surface area contributed by atoms with Crippen LogP contribution in [-0.4, -0.2) is 9.97 Å².